The SMILES string of the molecule is Cc1ccc(Br)cc1C(=O)NC1CCOC1C1CC1. The predicted octanol–water partition coefficient (Wildman–Crippen LogP) is 3.05. The summed E-state index contributed by atoms with van der Waals surface area (Å²) in [6.07, 6.45) is 3.65. The van der Waals surface area contributed by atoms with Gasteiger partial charge in [-0.15, -0.1) is 0 Å². The van der Waals surface area contributed by atoms with Crippen molar-refractivity contribution < 1.29 is 9.53 Å². The molecule has 4 heteroatoms. The number of hydrogen-bond donors (Lipinski definition) is 1. The first-order chi connectivity index (χ1) is 9.15. The fraction of sp³-hybridized carbons (Fsp3) is 0.533. The second-order valence-corrected chi connectivity index (χ2v) is 6.42. The molecule has 0 bridgehead atoms. The molecule has 1 aliphatic carbocycles. The van der Waals surface area contributed by atoms with Crippen molar-refractivity contribution in [2.24, 2.45) is 5.92 Å². The van der Waals surface area contributed by atoms with Crippen LogP contribution in [-0.2, 0) is 4.74 Å². The fourth-order valence-corrected chi connectivity index (χ4v) is 3.10. The van der Waals surface area contributed by atoms with Crippen molar-refractivity contribution in [3.05, 3.63) is 33.8 Å². The molecule has 1 aromatic rings. The summed E-state index contributed by atoms with van der Waals surface area (Å²) in [7, 11) is 0. The Morgan fingerprint density at radius 3 is 2.89 bits per heavy atom. The van der Waals surface area contributed by atoms with Crippen LogP contribution in [-0.4, -0.2) is 24.7 Å². The van der Waals surface area contributed by atoms with E-state index in [9.17, 15) is 4.79 Å². The first-order valence-electron chi connectivity index (χ1n) is 6.84. The van der Waals surface area contributed by atoms with E-state index in [1.54, 1.807) is 0 Å². The van der Waals surface area contributed by atoms with Gasteiger partial charge in [-0.2, -0.15) is 0 Å². The summed E-state index contributed by atoms with van der Waals surface area (Å²) in [5, 5.41) is 3.15. The summed E-state index contributed by atoms with van der Waals surface area (Å²) in [4.78, 5) is 12.4. The molecule has 102 valence electrons. The maximum atomic E-state index is 12.4. The minimum absolute atomic E-state index is 0.0138. The molecule has 2 aliphatic rings. The summed E-state index contributed by atoms with van der Waals surface area (Å²) >= 11 is 3.42. The number of carbonyl (C=O) groups is 1. The molecule has 0 spiro atoms. The zero-order chi connectivity index (χ0) is 13.4. The topological polar surface area (TPSA) is 38.3 Å². The minimum atomic E-state index is 0.0138. The van der Waals surface area contributed by atoms with Gasteiger partial charge in [0.25, 0.3) is 5.91 Å². The lowest BCUT2D eigenvalue weighted by Gasteiger charge is -2.20. The van der Waals surface area contributed by atoms with Gasteiger partial charge in [-0.25, -0.2) is 0 Å². The van der Waals surface area contributed by atoms with Crippen molar-refractivity contribution in [2.45, 2.75) is 38.3 Å². The summed E-state index contributed by atoms with van der Waals surface area (Å²) in [5.41, 5.74) is 1.75. The second-order valence-electron chi connectivity index (χ2n) is 5.50. The van der Waals surface area contributed by atoms with Crippen molar-refractivity contribution >= 4 is 21.8 Å². The van der Waals surface area contributed by atoms with Crippen LogP contribution in [0.15, 0.2) is 22.7 Å². The Bertz CT molecular complexity index is 499. The van der Waals surface area contributed by atoms with Crippen LogP contribution in [0, 0.1) is 12.8 Å². The Labute approximate surface area is 121 Å². The number of amides is 1. The van der Waals surface area contributed by atoms with E-state index in [2.05, 4.69) is 21.2 Å². The van der Waals surface area contributed by atoms with E-state index in [-0.39, 0.29) is 18.1 Å². The molecule has 1 aliphatic heterocycles. The third-order valence-corrected chi connectivity index (χ3v) is 4.48. The van der Waals surface area contributed by atoms with Crippen molar-refractivity contribution in [1.82, 2.24) is 5.32 Å². The number of hydrogen-bond acceptors (Lipinski definition) is 2. The Kier molecular flexibility index (Phi) is 3.63. The van der Waals surface area contributed by atoms with Gasteiger partial charge < -0.3 is 10.1 Å². The maximum Gasteiger partial charge on any atom is 0.251 e. The fourth-order valence-electron chi connectivity index (χ4n) is 2.74. The van der Waals surface area contributed by atoms with Gasteiger partial charge >= 0.3 is 0 Å². The molecule has 2 atom stereocenters. The first kappa shape index (κ1) is 13.1. The number of rotatable bonds is 3. The minimum Gasteiger partial charge on any atom is -0.376 e. The smallest absolute Gasteiger partial charge is 0.251 e. The van der Waals surface area contributed by atoms with E-state index >= 15 is 0 Å². The molecule has 1 amide bonds. The highest BCUT2D eigenvalue weighted by molar-refractivity contribution is 9.10. The Balaban J connectivity index is 1.72. The first-order valence-corrected chi connectivity index (χ1v) is 7.63. The predicted molar refractivity (Wildman–Crippen MR) is 77.2 cm³/mol. The van der Waals surface area contributed by atoms with Gasteiger partial charge in [-0.3, -0.25) is 4.79 Å². The van der Waals surface area contributed by atoms with Crippen LogP contribution >= 0.6 is 15.9 Å². The molecule has 2 fully saturated rings. The highest BCUT2D eigenvalue weighted by atomic mass is 79.9. The van der Waals surface area contributed by atoms with Crippen LogP contribution in [0.1, 0.15) is 35.2 Å². The Hall–Kier alpha value is -0.870. The van der Waals surface area contributed by atoms with Crippen molar-refractivity contribution in [1.29, 1.82) is 0 Å². The molecule has 1 heterocycles. The van der Waals surface area contributed by atoms with Gasteiger partial charge in [0.15, 0.2) is 0 Å². The summed E-state index contributed by atoms with van der Waals surface area (Å²) in [6, 6.07) is 5.98. The van der Waals surface area contributed by atoms with Crippen LogP contribution in [0.4, 0.5) is 0 Å². The zero-order valence-electron chi connectivity index (χ0n) is 11.0. The van der Waals surface area contributed by atoms with Crippen LogP contribution < -0.4 is 5.32 Å². The van der Waals surface area contributed by atoms with E-state index in [0.717, 1.165) is 28.6 Å². The van der Waals surface area contributed by atoms with Gasteiger partial charge in [-0.1, -0.05) is 22.0 Å². The number of aryl methyl sites for hydroxylation is 1. The van der Waals surface area contributed by atoms with E-state index in [1.807, 2.05) is 25.1 Å². The maximum absolute atomic E-state index is 12.4. The summed E-state index contributed by atoms with van der Waals surface area (Å²) < 4.78 is 6.69. The molecular formula is C15H18BrNO2. The van der Waals surface area contributed by atoms with Gasteiger partial charge in [-0.05, 0) is 49.8 Å². The average molecular weight is 324 g/mol. The number of nitrogens with one attached hydrogen (secondary N) is 1. The monoisotopic (exact) mass is 323 g/mol. The number of benzene rings is 1. The molecular weight excluding hydrogens is 306 g/mol. The Morgan fingerprint density at radius 2 is 2.16 bits per heavy atom. The van der Waals surface area contributed by atoms with Crippen LogP contribution in [0.5, 0.6) is 0 Å². The normalized spacial score (nSPS) is 26.4. The van der Waals surface area contributed by atoms with Gasteiger partial charge in [0.1, 0.15) is 0 Å². The lowest BCUT2D eigenvalue weighted by atomic mass is 10.0. The molecule has 3 rings (SSSR count). The van der Waals surface area contributed by atoms with Crippen molar-refractivity contribution in [3.63, 3.8) is 0 Å². The van der Waals surface area contributed by atoms with E-state index < -0.39 is 0 Å². The highest BCUT2D eigenvalue weighted by Crippen LogP contribution is 2.38. The second kappa shape index (κ2) is 5.25. The summed E-state index contributed by atoms with van der Waals surface area (Å²) in [5.74, 6) is 0.677. The van der Waals surface area contributed by atoms with Gasteiger partial charge in [0, 0.05) is 16.6 Å². The third-order valence-electron chi connectivity index (χ3n) is 3.98. The quantitative estimate of drug-likeness (QED) is 0.928. The molecule has 19 heavy (non-hydrogen) atoms. The molecule has 3 nitrogen and oxygen atoms in total. The van der Waals surface area contributed by atoms with Crippen LogP contribution in [0.2, 0.25) is 0 Å². The van der Waals surface area contributed by atoms with Crippen LogP contribution in [0.3, 0.4) is 0 Å². The standard InChI is InChI=1S/C15H18BrNO2/c1-9-2-5-11(16)8-12(9)15(18)17-13-6-7-19-14(13)10-3-4-10/h2,5,8,10,13-14H,3-4,6-7H2,1H3,(H,17,18). The molecule has 2 unspecified atom stereocenters. The summed E-state index contributed by atoms with van der Waals surface area (Å²) in [6.45, 7) is 2.73. The van der Waals surface area contributed by atoms with Crippen molar-refractivity contribution in [3.8, 4) is 0 Å². The van der Waals surface area contributed by atoms with Crippen molar-refractivity contribution in [2.75, 3.05) is 6.61 Å². The zero-order valence-corrected chi connectivity index (χ0v) is 12.6. The van der Waals surface area contributed by atoms with Gasteiger partial charge in [0.2, 0.25) is 0 Å². The Morgan fingerprint density at radius 1 is 1.37 bits per heavy atom. The average Bonchev–Trinajstić information content (AvgIpc) is 3.13. The number of carbonyl (C=O) groups excluding carboxylic acids is 1. The molecule has 1 saturated carbocycles. The molecule has 1 aromatic carbocycles. The molecule has 0 aromatic heterocycles. The molecule has 1 N–H and O–H groups in total. The lowest BCUT2D eigenvalue weighted by molar-refractivity contribution is 0.0729. The van der Waals surface area contributed by atoms with E-state index in [0.29, 0.717) is 5.92 Å². The van der Waals surface area contributed by atoms with Gasteiger partial charge in [0.05, 0.1) is 12.1 Å². The largest absolute Gasteiger partial charge is 0.376 e. The third kappa shape index (κ3) is 2.84. The highest BCUT2D eigenvalue weighted by Gasteiger charge is 2.41. The van der Waals surface area contributed by atoms with Crippen LogP contribution in [0.25, 0.3) is 0 Å². The van der Waals surface area contributed by atoms with E-state index in [1.165, 1.54) is 12.8 Å². The lowest BCUT2D eigenvalue weighted by Crippen LogP contribution is -2.41. The molecule has 1 saturated heterocycles. The van der Waals surface area contributed by atoms with E-state index in [4.69, 9.17) is 4.74 Å². The molecule has 0 radical (unpaired) electrons. The number of ether oxygens (including phenoxy) is 1. The number of halogens is 1.